The van der Waals surface area contributed by atoms with E-state index in [0.29, 0.717) is 6.61 Å². The minimum Gasteiger partial charge on any atom is -0.493 e. The lowest BCUT2D eigenvalue weighted by atomic mass is 10.2. The molecule has 30 heavy (non-hydrogen) atoms. The van der Waals surface area contributed by atoms with Crippen LogP contribution in [0.2, 0.25) is 4.34 Å². The fourth-order valence-electron chi connectivity index (χ4n) is 2.94. The molecule has 0 saturated heterocycles. The Morgan fingerprint density at radius 1 is 1.33 bits per heavy atom. The molecular weight excluding hydrogens is 454 g/mol. The zero-order valence-electron chi connectivity index (χ0n) is 15.9. The first-order chi connectivity index (χ1) is 14.4. The average Bonchev–Trinajstić information content (AvgIpc) is 3.13. The van der Waals surface area contributed by atoms with Crippen LogP contribution in [-0.4, -0.2) is 51.0 Å². The third kappa shape index (κ3) is 3.33. The number of rotatable bonds is 5. The second-order valence-electron chi connectivity index (χ2n) is 6.14. The van der Waals surface area contributed by atoms with Crippen molar-refractivity contribution < 1.29 is 27.4 Å². The molecule has 2 aliphatic rings. The van der Waals surface area contributed by atoms with Crippen molar-refractivity contribution in [1.29, 1.82) is 0 Å². The Hall–Kier alpha value is -2.60. The Kier molecular flexibility index (Phi) is 5.45. The number of fused-ring (bicyclic) bond motifs is 2. The van der Waals surface area contributed by atoms with Gasteiger partial charge in [-0.1, -0.05) is 17.7 Å². The summed E-state index contributed by atoms with van der Waals surface area (Å²) in [4.78, 5) is 19.0. The molecule has 2 aromatic heterocycles. The molecule has 2 aromatic rings. The van der Waals surface area contributed by atoms with E-state index in [1.807, 2.05) is 0 Å². The number of carbonyl (C=O) groups is 1. The van der Waals surface area contributed by atoms with E-state index in [2.05, 4.69) is 4.98 Å². The van der Waals surface area contributed by atoms with E-state index >= 15 is 0 Å². The molecule has 0 fully saturated rings. The molecular formula is C18H16ClN3O6S2. The summed E-state index contributed by atoms with van der Waals surface area (Å²) in [6.45, 7) is 0.560. The highest BCUT2D eigenvalue weighted by molar-refractivity contribution is 7.89. The molecule has 0 radical (unpaired) electrons. The molecule has 0 unspecified atom stereocenters. The molecule has 4 rings (SSSR count). The van der Waals surface area contributed by atoms with E-state index in [4.69, 9.17) is 25.8 Å². The number of anilines is 1. The number of aromatic nitrogens is 1. The molecule has 0 aromatic carbocycles. The Bertz CT molecular complexity index is 1160. The van der Waals surface area contributed by atoms with Gasteiger partial charge in [0, 0.05) is 20.4 Å². The summed E-state index contributed by atoms with van der Waals surface area (Å²) in [7, 11) is -1.14. The number of thiophene rings is 1. The highest BCUT2D eigenvalue weighted by atomic mass is 35.5. The number of halogens is 1. The zero-order chi connectivity index (χ0) is 21.5. The largest absolute Gasteiger partial charge is 0.493 e. The van der Waals surface area contributed by atoms with Crippen molar-refractivity contribution in [3.8, 4) is 0 Å². The number of carbonyl (C=O) groups excluding carboxylic acids is 1. The van der Waals surface area contributed by atoms with Crippen LogP contribution in [0.1, 0.15) is 4.88 Å². The second kappa shape index (κ2) is 7.91. The SMILES string of the molecule is COCCOC=C1OC2=C(C(=O)N1c1ccccn1)N(C)S(=O)(=O)c1cc(Cl)sc12. The topological polar surface area (TPSA) is 98.3 Å². The van der Waals surface area contributed by atoms with Gasteiger partial charge in [-0.2, -0.15) is 0 Å². The van der Waals surface area contributed by atoms with Crippen molar-refractivity contribution in [3.05, 3.63) is 57.5 Å². The predicted molar refractivity (Wildman–Crippen MR) is 110 cm³/mol. The smallest absolute Gasteiger partial charge is 0.287 e. The number of amides is 1. The first kappa shape index (κ1) is 20.7. The maximum Gasteiger partial charge on any atom is 0.287 e. The number of pyridine rings is 1. The molecule has 0 spiro atoms. The van der Waals surface area contributed by atoms with E-state index in [0.717, 1.165) is 20.5 Å². The highest BCUT2D eigenvalue weighted by Crippen LogP contribution is 2.46. The maximum atomic E-state index is 13.5. The third-order valence-corrected chi connectivity index (χ3v) is 7.52. The summed E-state index contributed by atoms with van der Waals surface area (Å²) in [6.07, 6.45) is 2.78. The minimum absolute atomic E-state index is 0.0162. The summed E-state index contributed by atoms with van der Waals surface area (Å²) in [5.74, 6) is -0.246. The summed E-state index contributed by atoms with van der Waals surface area (Å²) >= 11 is 7.09. The Balaban J connectivity index is 1.87. The van der Waals surface area contributed by atoms with Gasteiger partial charge in [0.05, 0.1) is 15.8 Å². The first-order valence-corrected chi connectivity index (χ1v) is 11.3. The molecule has 0 atom stereocenters. The van der Waals surface area contributed by atoms with E-state index in [1.165, 1.54) is 32.7 Å². The molecule has 0 N–H and O–H groups in total. The molecule has 0 aliphatic carbocycles. The van der Waals surface area contributed by atoms with Gasteiger partial charge in [-0.25, -0.2) is 18.3 Å². The summed E-state index contributed by atoms with van der Waals surface area (Å²) in [5, 5.41) is 0. The van der Waals surface area contributed by atoms with Gasteiger partial charge in [0.1, 0.15) is 23.6 Å². The zero-order valence-corrected chi connectivity index (χ0v) is 18.3. The number of sulfonamides is 1. The van der Waals surface area contributed by atoms with Crippen molar-refractivity contribution in [2.75, 3.05) is 32.3 Å². The van der Waals surface area contributed by atoms with Gasteiger partial charge in [0.25, 0.3) is 15.9 Å². The Morgan fingerprint density at radius 3 is 2.83 bits per heavy atom. The first-order valence-electron chi connectivity index (χ1n) is 8.63. The van der Waals surface area contributed by atoms with Crippen LogP contribution in [0.15, 0.2) is 53.2 Å². The normalized spacial score (nSPS) is 18.9. The highest BCUT2D eigenvalue weighted by Gasteiger charge is 2.46. The molecule has 9 nitrogen and oxygen atoms in total. The number of nitrogens with zero attached hydrogens (tertiary/aromatic N) is 3. The van der Waals surface area contributed by atoms with Crippen molar-refractivity contribution in [2.24, 2.45) is 0 Å². The molecule has 0 bridgehead atoms. The molecule has 4 heterocycles. The molecule has 1 amide bonds. The van der Waals surface area contributed by atoms with E-state index in [-0.39, 0.29) is 43.9 Å². The molecule has 158 valence electrons. The van der Waals surface area contributed by atoms with Crippen molar-refractivity contribution >= 4 is 50.4 Å². The van der Waals surface area contributed by atoms with Gasteiger partial charge < -0.3 is 14.2 Å². The lowest BCUT2D eigenvalue weighted by Crippen LogP contribution is -2.45. The van der Waals surface area contributed by atoms with Gasteiger partial charge in [0.15, 0.2) is 11.5 Å². The predicted octanol–water partition coefficient (Wildman–Crippen LogP) is 2.62. The number of hydrogen-bond donors (Lipinski definition) is 0. The Morgan fingerprint density at radius 2 is 2.13 bits per heavy atom. The van der Waals surface area contributed by atoms with E-state index in [9.17, 15) is 13.2 Å². The van der Waals surface area contributed by atoms with Gasteiger partial charge in [-0.15, -0.1) is 11.3 Å². The van der Waals surface area contributed by atoms with Crippen LogP contribution in [-0.2, 0) is 29.0 Å². The van der Waals surface area contributed by atoms with Crippen LogP contribution in [0.3, 0.4) is 0 Å². The average molecular weight is 470 g/mol. The van der Waals surface area contributed by atoms with Crippen molar-refractivity contribution in [2.45, 2.75) is 4.90 Å². The molecule has 12 heteroatoms. The summed E-state index contributed by atoms with van der Waals surface area (Å²) < 4.78 is 43.4. The number of likely N-dealkylation sites (N-methyl/N-ethyl adjacent to an activating group) is 1. The Labute approximate surface area is 181 Å². The van der Waals surface area contributed by atoms with Crippen LogP contribution < -0.4 is 4.90 Å². The maximum absolute atomic E-state index is 13.5. The van der Waals surface area contributed by atoms with Gasteiger partial charge in [0.2, 0.25) is 5.88 Å². The lowest BCUT2D eigenvalue weighted by molar-refractivity contribution is -0.116. The second-order valence-corrected chi connectivity index (χ2v) is 9.77. The van der Waals surface area contributed by atoms with Crippen LogP contribution >= 0.6 is 22.9 Å². The van der Waals surface area contributed by atoms with Crippen molar-refractivity contribution in [1.82, 2.24) is 9.29 Å². The van der Waals surface area contributed by atoms with Crippen LogP contribution in [0.5, 0.6) is 0 Å². The summed E-state index contributed by atoms with van der Waals surface area (Å²) in [6, 6.07) is 6.33. The third-order valence-electron chi connectivity index (χ3n) is 4.34. The quantitative estimate of drug-likeness (QED) is 0.490. The molecule has 2 aliphatic heterocycles. The van der Waals surface area contributed by atoms with Crippen LogP contribution in [0.4, 0.5) is 5.82 Å². The number of ether oxygens (including phenoxy) is 3. The van der Waals surface area contributed by atoms with Crippen LogP contribution in [0, 0.1) is 0 Å². The number of hydrogen-bond acceptors (Lipinski definition) is 8. The van der Waals surface area contributed by atoms with Gasteiger partial charge >= 0.3 is 0 Å². The number of methoxy groups -OCH3 is 1. The minimum atomic E-state index is -3.96. The van der Waals surface area contributed by atoms with Crippen molar-refractivity contribution in [3.63, 3.8) is 0 Å². The fraction of sp³-hybridized carbons (Fsp3) is 0.222. The van der Waals surface area contributed by atoms with Gasteiger partial charge in [-0.05, 0) is 18.2 Å². The van der Waals surface area contributed by atoms with E-state index in [1.54, 1.807) is 18.2 Å². The van der Waals surface area contributed by atoms with Gasteiger partial charge in [-0.3, -0.25) is 9.10 Å². The molecule has 0 saturated carbocycles. The fourth-order valence-corrected chi connectivity index (χ4v) is 5.91. The lowest BCUT2D eigenvalue weighted by Gasteiger charge is -2.36. The van der Waals surface area contributed by atoms with Crippen LogP contribution in [0.25, 0.3) is 5.76 Å². The monoisotopic (exact) mass is 469 g/mol. The van der Waals surface area contributed by atoms with E-state index < -0.39 is 15.9 Å². The standard InChI is InChI=1S/C18H16ClN3O6S2/c1-21-15-16(17-11(30(21,24)25)9-12(19)29-17)28-14(10-27-8-7-26-2)22(18(15)23)13-5-3-4-6-20-13/h3-6,9-10H,7-8H2,1-2H3. The summed E-state index contributed by atoms with van der Waals surface area (Å²) in [5.41, 5.74) is -0.138.